The summed E-state index contributed by atoms with van der Waals surface area (Å²) in [4.78, 5) is 2.52. The lowest BCUT2D eigenvalue weighted by molar-refractivity contribution is 0.303. The number of hydrogen-bond acceptors (Lipinski definition) is 1. The van der Waals surface area contributed by atoms with Crippen molar-refractivity contribution in [1.82, 2.24) is 4.90 Å². The molecular weight excluding hydrogens is 281 g/mol. The molecule has 0 bridgehead atoms. The van der Waals surface area contributed by atoms with Crippen molar-refractivity contribution < 1.29 is 4.39 Å². The molecule has 0 N–H and O–H groups in total. The van der Waals surface area contributed by atoms with Gasteiger partial charge in [-0.1, -0.05) is 12.5 Å². The molecule has 0 spiro atoms. The molecule has 3 rings (SSSR count). The summed E-state index contributed by atoms with van der Waals surface area (Å²) in [7, 11) is 0. The number of halogens is 2. The molecule has 92 valence electrons. The molecule has 2 fully saturated rings. The zero-order chi connectivity index (χ0) is 11.8. The van der Waals surface area contributed by atoms with Gasteiger partial charge in [0.15, 0.2) is 0 Å². The first kappa shape index (κ1) is 11.7. The minimum atomic E-state index is -0.174. The first-order chi connectivity index (χ1) is 8.22. The monoisotopic (exact) mass is 297 g/mol. The highest BCUT2D eigenvalue weighted by molar-refractivity contribution is 9.10. The van der Waals surface area contributed by atoms with E-state index in [1.165, 1.54) is 37.9 Å². The second-order valence-corrected chi connectivity index (χ2v) is 6.25. The number of rotatable bonds is 2. The minimum Gasteiger partial charge on any atom is -0.299 e. The molecule has 1 aliphatic heterocycles. The summed E-state index contributed by atoms with van der Waals surface area (Å²) in [5, 5.41) is 0. The van der Waals surface area contributed by atoms with E-state index < -0.39 is 0 Å². The SMILES string of the molecule is Fc1ccc(CN2CC3CCCC3C2)cc1Br. The highest BCUT2D eigenvalue weighted by atomic mass is 79.9. The third-order valence-electron chi connectivity index (χ3n) is 4.19. The Hall–Kier alpha value is -0.410. The summed E-state index contributed by atoms with van der Waals surface area (Å²) in [6.45, 7) is 3.44. The van der Waals surface area contributed by atoms with Crippen LogP contribution < -0.4 is 0 Å². The van der Waals surface area contributed by atoms with Gasteiger partial charge in [-0.3, -0.25) is 4.90 Å². The second-order valence-electron chi connectivity index (χ2n) is 5.39. The lowest BCUT2D eigenvalue weighted by Crippen LogP contribution is -2.21. The smallest absolute Gasteiger partial charge is 0.137 e. The fourth-order valence-corrected chi connectivity index (χ4v) is 3.78. The van der Waals surface area contributed by atoms with Crippen molar-refractivity contribution in [3.05, 3.63) is 34.1 Å². The van der Waals surface area contributed by atoms with Crippen molar-refractivity contribution in [2.45, 2.75) is 25.8 Å². The highest BCUT2D eigenvalue weighted by Gasteiger charge is 2.35. The summed E-state index contributed by atoms with van der Waals surface area (Å²) in [5.74, 6) is 1.69. The van der Waals surface area contributed by atoms with Crippen LogP contribution >= 0.6 is 15.9 Å². The Balaban J connectivity index is 1.65. The van der Waals surface area contributed by atoms with Gasteiger partial charge in [0.05, 0.1) is 4.47 Å². The molecule has 1 saturated carbocycles. The number of nitrogens with zero attached hydrogens (tertiary/aromatic N) is 1. The lowest BCUT2D eigenvalue weighted by atomic mass is 10.0. The molecule has 3 heteroatoms. The summed E-state index contributed by atoms with van der Waals surface area (Å²) < 4.78 is 13.7. The van der Waals surface area contributed by atoms with Gasteiger partial charge in [0.1, 0.15) is 5.82 Å². The van der Waals surface area contributed by atoms with Crippen LogP contribution in [0, 0.1) is 17.7 Å². The average Bonchev–Trinajstić information content (AvgIpc) is 2.84. The highest BCUT2D eigenvalue weighted by Crippen LogP contribution is 2.38. The summed E-state index contributed by atoms with van der Waals surface area (Å²) in [5.41, 5.74) is 1.21. The third kappa shape index (κ3) is 2.41. The Bertz CT molecular complexity index is 409. The molecule has 2 atom stereocenters. The maximum Gasteiger partial charge on any atom is 0.137 e. The van der Waals surface area contributed by atoms with Gasteiger partial charge in [0.2, 0.25) is 0 Å². The quantitative estimate of drug-likeness (QED) is 0.802. The van der Waals surface area contributed by atoms with Crippen LogP contribution in [0.3, 0.4) is 0 Å². The number of benzene rings is 1. The first-order valence-electron chi connectivity index (χ1n) is 6.38. The maximum atomic E-state index is 13.1. The molecule has 1 nitrogen and oxygen atoms in total. The number of likely N-dealkylation sites (tertiary alicyclic amines) is 1. The molecule has 1 aromatic carbocycles. The molecule has 1 saturated heterocycles. The molecule has 1 heterocycles. The Morgan fingerprint density at radius 3 is 2.59 bits per heavy atom. The van der Waals surface area contributed by atoms with E-state index in [1.807, 2.05) is 12.1 Å². The van der Waals surface area contributed by atoms with Crippen LogP contribution in [0.25, 0.3) is 0 Å². The summed E-state index contributed by atoms with van der Waals surface area (Å²) >= 11 is 3.25. The minimum absolute atomic E-state index is 0.174. The molecule has 0 aromatic heterocycles. The molecule has 2 aliphatic rings. The van der Waals surface area contributed by atoms with Gasteiger partial charge in [-0.25, -0.2) is 4.39 Å². The molecule has 1 aromatic rings. The van der Waals surface area contributed by atoms with Gasteiger partial charge in [0, 0.05) is 19.6 Å². The molecular formula is C14H17BrFN. The van der Waals surface area contributed by atoms with Crippen molar-refractivity contribution >= 4 is 15.9 Å². The predicted octanol–water partition coefficient (Wildman–Crippen LogP) is 3.82. The van der Waals surface area contributed by atoms with E-state index in [1.54, 1.807) is 6.07 Å². The van der Waals surface area contributed by atoms with Crippen LogP contribution in [-0.2, 0) is 6.54 Å². The average molecular weight is 298 g/mol. The van der Waals surface area contributed by atoms with Crippen LogP contribution in [0.2, 0.25) is 0 Å². The first-order valence-corrected chi connectivity index (χ1v) is 7.18. The largest absolute Gasteiger partial charge is 0.299 e. The van der Waals surface area contributed by atoms with Crippen LogP contribution in [0.1, 0.15) is 24.8 Å². The zero-order valence-electron chi connectivity index (χ0n) is 9.83. The topological polar surface area (TPSA) is 3.24 Å². The maximum absolute atomic E-state index is 13.1. The number of fused-ring (bicyclic) bond motifs is 1. The fourth-order valence-electron chi connectivity index (χ4n) is 3.36. The van der Waals surface area contributed by atoms with E-state index in [4.69, 9.17) is 0 Å². The van der Waals surface area contributed by atoms with Gasteiger partial charge in [-0.05, 0) is 58.3 Å². The predicted molar refractivity (Wildman–Crippen MR) is 70.2 cm³/mol. The standard InChI is InChI=1S/C14H17BrFN/c15-13-6-10(4-5-14(13)16)7-17-8-11-2-1-3-12(11)9-17/h4-6,11-12H,1-3,7-9H2. The Morgan fingerprint density at radius 1 is 1.24 bits per heavy atom. The summed E-state index contributed by atoms with van der Waals surface area (Å²) in [6, 6.07) is 5.36. The second kappa shape index (κ2) is 4.69. The molecule has 1 aliphatic carbocycles. The van der Waals surface area contributed by atoms with Gasteiger partial charge < -0.3 is 0 Å². The molecule has 2 unspecified atom stereocenters. The van der Waals surface area contributed by atoms with Gasteiger partial charge in [0.25, 0.3) is 0 Å². The van der Waals surface area contributed by atoms with E-state index >= 15 is 0 Å². The molecule has 0 amide bonds. The van der Waals surface area contributed by atoms with Crippen molar-refractivity contribution in [2.75, 3.05) is 13.1 Å². The van der Waals surface area contributed by atoms with Crippen LogP contribution in [0.4, 0.5) is 4.39 Å². The molecule has 0 radical (unpaired) electrons. The van der Waals surface area contributed by atoms with E-state index in [0.29, 0.717) is 4.47 Å². The van der Waals surface area contributed by atoms with Crippen molar-refractivity contribution in [3.63, 3.8) is 0 Å². The van der Waals surface area contributed by atoms with E-state index in [0.717, 1.165) is 18.4 Å². The lowest BCUT2D eigenvalue weighted by Gasteiger charge is -2.16. The van der Waals surface area contributed by atoms with Gasteiger partial charge >= 0.3 is 0 Å². The third-order valence-corrected chi connectivity index (χ3v) is 4.80. The van der Waals surface area contributed by atoms with E-state index in [9.17, 15) is 4.39 Å². The normalized spacial score (nSPS) is 28.6. The summed E-state index contributed by atoms with van der Waals surface area (Å²) in [6.07, 6.45) is 4.24. The van der Waals surface area contributed by atoms with Crippen LogP contribution in [0.5, 0.6) is 0 Å². The molecule has 17 heavy (non-hydrogen) atoms. The van der Waals surface area contributed by atoms with Crippen molar-refractivity contribution in [3.8, 4) is 0 Å². The van der Waals surface area contributed by atoms with Crippen molar-refractivity contribution in [1.29, 1.82) is 0 Å². The Kier molecular flexibility index (Phi) is 3.22. The van der Waals surface area contributed by atoms with Gasteiger partial charge in [-0.2, -0.15) is 0 Å². The Labute approximate surface area is 110 Å². The van der Waals surface area contributed by atoms with Crippen LogP contribution in [-0.4, -0.2) is 18.0 Å². The van der Waals surface area contributed by atoms with E-state index in [-0.39, 0.29) is 5.82 Å². The van der Waals surface area contributed by atoms with Gasteiger partial charge in [-0.15, -0.1) is 0 Å². The zero-order valence-corrected chi connectivity index (χ0v) is 11.4. The van der Waals surface area contributed by atoms with E-state index in [2.05, 4.69) is 20.8 Å². The van der Waals surface area contributed by atoms with Crippen LogP contribution in [0.15, 0.2) is 22.7 Å². The van der Waals surface area contributed by atoms with Crippen molar-refractivity contribution in [2.24, 2.45) is 11.8 Å². The fraction of sp³-hybridized carbons (Fsp3) is 0.571. The number of hydrogen-bond donors (Lipinski definition) is 0. The Morgan fingerprint density at radius 2 is 1.94 bits per heavy atom.